The lowest BCUT2D eigenvalue weighted by molar-refractivity contribution is 0.295. The molecule has 0 aromatic heterocycles. The van der Waals surface area contributed by atoms with Gasteiger partial charge in [0, 0.05) is 12.7 Å². The van der Waals surface area contributed by atoms with Crippen LogP contribution in [-0.2, 0) is 10.0 Å². The third-order valence-corrected chi connectivity index (χ3v) is 3.12. The van der Waals surface area contributed by atoms with Crippen molar-refractivity contribution >= 4 is 15.7 Å². The molecule has 0 spiro atoms. The lowest BCUT2D eigenvalue weighted by Gasteiger charge is -2.08. The van der Waals surface area contributed by atoms with Crippen LogP contribution in [-0.4, -0.2) is 25.9 Å². The minimum Gasteiger partial charge on any atom is -0.396 e. The lowest BCUT2D eigenvalue weighted by Crippen LogP contribution is -2.18. The molecule has 1 aromatic carbocycles. The quantitative estimate of drug-likeness (QED) is 0.823. The second-order valence-corrected chi connectivity index (χ2v) is 4.96. The normalized spacial score (nSPS) is 11.4. The van der Waals surface area contributed by atoms with Gasteiger partial charge >= 0.3 is 0 Å². The average molecular weight is 251 g/mol. The summed E-state index contributed by atoms with van der Waals surface area (Å²) >= 11 is 0. The Morgan fingerprint density at radius 3 is 2.62 bits per heavy atom. The van der Waals surface area contributed by atoms with E-state index in [-0.39, 0.29) is 18.8 Å². The van der Waals surface area contributed by atoms with E-state index in [1.807, 2.05) is 4.72 Å². The number of hydrogen-bond acceptors (Lipinski definition) is 3. The molecule has 4 nitrogen and oxygen atoms in total. The van der Waals surface area contributed by atoms with Crippen molar-refractivity contribution in [2.45, 2.75) is 6.42 Å². The minimum atomic E-state index is -3.75. The van der Waals surface area contributed by atoms with Crippen LogP contribution in [0.2, 0.25) is 0 Å². The maximum Gasteiger partial charge on any atom is 0.232 e. The Labute approximate surface area is 92.0 Å². The molecular weight excluding hydrogens is 240 g/mol. The first-order valence-electron chi connectivity index (χ1n) is 4.51. The number of nitrogens with one attached hydrogen (secondary N) is 1. The fraction of sp³-hybridized carbons (Fsp3) is 0.333. The van der Waals surface area contributed by atoms with Crippen LogP contribution in [0.3, 0.4) is 0 Å². The van der Waals surface area contributed by atoms with Gasteiger partial charge in [-0.2, -0.15) is 0 Å². The molecule has 0 saturated carbocycles. The van der Waals surface area contributed by atoms with E-state index in [1.165, 1.54) is 0 Å². The van der Waals surface area contributed by atoms with E-state index in [0.717, 1.165) is 18.2 Å². The number of benzene rings is 1. The third-order valence-electron chi connectivity index (χ3n) is 1.77. The highest BCUT2D eigenvalue weighted by molar-refractivity contribution is 7.92. The summed E-state index contributed by atoms with van der Waals surface area (Å²) in [6.07, 6.45) is 0.0340. The molecule has 0 unspecified atom stereocenters. The molecule has 0 saturated heterocycles. The first kappa shape index (κ1) is 12.9. The van der Waals surface area contributed by atoms with E-state index >= 15 is 0 Å². The maximum atomic E-state index is 13.1. The molecule has 16 heavy (non-hydrogen) atoms. The molecule has 0 fully saturated rings. The predicted molar refractivity (Wildman–Crippen MR) is 55.5 cm³/mol. The van der Waals surface area contributed by atoms with Crippen molar-refractivity contribution in [3.8, 4) is 0 Å². The Balaban J connectivity index is 2.83. The molecule has 90 valence electrons. The highest BCUT2D eigenvalue weighted by Crippen LogP contribution is 2.16. The van der Waals surface area contributed by atoms with Gasteiger partial charge in [-0.15, -0.1) is 0 Å². The summed E-state index contributed by atoms with van der Waals surface area (Å²) in [7, 11) is -3.75. The molecule has 0 bridgehead atoms. The van der Waals surface area contributed by atoms with Crippen LogP contribution in [0.4, 0.5) is 14.5 Å². The molecule has 0 aliphatic rings. The Morgan fingerprint density at radius 1 is 1.31 bits per heavy atom. The largest absolute Gasteiger partial charge is 0.396 e. The fourth-order valence-electron chi connectivity index (χ4n) is 1.05. The zero-order valence-corrected chi connectivity index (χ0v) is 9.10. The van der Waals surface area contributed by atoms with Crippen LogP contribution in [0.25, 0.3) is 0 Å². The summed E-state index contributed by atoms with van der Waals surface area (Å²) < 4.78 is 50.3. The van der Waals surface area contributed by atoms with E-state index in [2.05, 4.69) is 0 Å². The summed E-state index contributed by atoms with van der Waals surface area (Å²) in [6, 6.07) is 2.48. The monoisotopic (exact) mass is 251 g/mol. The van der Waals surface area contributed by atoms with Crippen LogP contribution in [0.5, 0.6) is 0 Å². The number of aliphatic hydroxyl groups excluding tert-OH is 1. The van der Waals surface area contributed by atoms with Crippen LogP contribution >= 0.6 is 0 Å². The van der Waals surface area contributed by atoms with Gasteiger partial charge in [-0.05, 0) is 18.6 Å². The first-order chi connectivity index (χ1) is 7.44. The lowest BCUT2D eigenvalue weighted by atomic mass is 10.3. The second kappa shape index (κ2) is 5.22. The van der Waals surface area contributed by atoms with E-state index in [9.17, 15) is 17.2 Å². The van der Waals surface area contributed by atoms with Crippen molar-refractivity contribution in [2.24, 2.45) is 0 Å². The van der Waals surface area contributed by atoms with Crippen LogP contribution in [0.1, 0.15) is 6.42 Å². The summed E-state index contributed by atoms with van der Waals surface area (Å²) in [4.78, 5) is 0. The number of rotatable bonds is 5. The number of anilines is 1. The van der Waals surface area contributed by atoms with Crippen molar-refractivity contribution in [2.75, 3.05) is 17.1 Å². The Hall–Kier alpha value is -1.21. The fourth-order valence-corrected chi connectivity index (χ4v) is 2.15. The van der Waals surface area contributed by atoms with Gasteiger partial charge in [-0.25, -0.2) is 17.2 Å². The predicted octanol–water partition coefficient (Wildman–Crippen LogP) is 1.09. The molecule has 0 amide bonds. The Morgan fingerprint density at radius 2 is 2.00 bits per heavy atom. The summed E-state index contributed by atoms with van der Waals surface area (Å²) in [6.45, 7) is -0.285. The molecule has 0 atom stereocenters. The highest BCUT2D eigenvalue weighted by Gasteiger charge is 2.13. The van der Waals surface area contributed by atoms with Crippen LogP contribution < -0.4 is 4.72 Å². The molecule has 0 aliphatic heterocycles. The average Bonchev–Trinajstić information content (AvgIpc) is 2.20. The van der Waals surface area contributed by atoms with Crippen molar-refractivity contribution in [1.82, 2.24) is 0 Å². The van der Waals surface area contributed by atoms with Crippen molar-refractivity contribution in [3.05, 3.63) is 29.8 Å². The van der Waals surface area contributed by atoms with E-state index in [4.69, 9.17) is 5.11 Å². The molecule has 1 aromatic rings. The summed E-state index contributed by atoms with van der Waals surface area (Å²) in [5.74, 6) is -1.94. The van der Waals surface area contributed by atoms with E-state index in [0.29, 0.717) is 0 Å². The standard InChI is InChI=1S/C9H11F2NO3S/c10-7-2-3-8(11)9(6-7)12-16(14,15)5-1-4-13/h2-3,6,12-13H,1,4-5H2. The molecule has 7 heteroatoms. The van der Waals surface area contributed by atoms with E-state index in [1.54, 1.807) is 0 Å². The first-order valence-corrected chi connectivity index (χ1v) is 6.16. The smallest absolute Gasteiger partial charge is 0.232 e. The molecule has 2 N–H and O–H groups in total. The SMILES string of the molecule is O=S(=O)(CCCO)Nc1cc(F)ccc1F. The molecule has 1 rings (SSSR count). The van der Waals surface area contributed by atoms with Gasteiger partial charge in [0.05, 0.1) is 11.4 Å². The number of halogens is 2. The number of sulfonamides is 1. The number of hydrogen-bond donors (Lipinski definition) is 2. The van der Waals surface area contributed by atoms with Crippen molar-refractivity contribution < 1.29 is 22.3 Å². The molecule has 0 radical (unpaired) electrons. The zero-order valence-electron chi connectivity index (χ0n) is 8.28. The van der Waals surface area contributed by atoms with Gasteiger partial charge in [0.15, 0.2) is 0 Å². The second-order valence-electron chi connectivity index (χ2n) is 3.12. The third kappa shape index (κ3) is 3.74. The zero-order chi connectivity index (χ0) is 12.2. The Bertz CT molecular complexity index is 462. The van der Waals surface area contributed by atoms with Gasteiger partial charge in [-0.3, -0.25) is 4.72 Å². The van der Waals surface area contributed by atoms with Gasteiger partial charge in [0.1, 0.15) is 11.6 Å². The van der Waals surface area contributed by atoms with Gasteiger partial charge in [-0.1, -0.05) is 0 Å². The molecular formula is C9H11F2NO3S. The van der Waals surface area contributed by atoms with Gasteiger partial charge in [0.25, 0.3) is 0 Å². The van der Waals surface area contributed by atoms with Crippen LogP contribution in [0, 0.1) is 11.6 Å². The van der Waals surface area contributed by atoms with Crippen molar-refractivity contribution in [3.63, 3.8) is 0 Å². The topological polar surface area (TPSA) is 66.4 Å². The summed E-state index contributed by atoms with van der Waals surface area (Å²) in [5, 5.41) is 8.47. The number of aliphatic hydroxyl groups is 1. The van der Waals surface area contributed by atoms with E-state index < -0.39 is 27.3 Å². The molecule has 0 heterocycles. The Kier molecular flexibility index (Phi) is 4.19. The van der Waals surface area contributed by atoms with Crippen molar-refractivity contribution in [1.29, 1.82) is 0 Å². The van der Waals surface area contributed by atoms with Crippen LogP contribution in [0.15, 0.2) is 18.2 Å². The maximum absolute atomic E-state index is 13.1. The highest BCUT2D eigenvalue weighted by atomic mass is 32.2. The molecule has 0 aliphatic carbocycles. The summed E-state index contributed by atoms with van der Waals surface area (Å²) in [5.41, 5.74) is -0.432. The van der Waals surface area contributed by atoms with Gasteiger partial charge in [0.2, 0.25) is 10.0 Å². The van der Waals surface area contributed by atoms with Gasteiger partial charge < -0.3 is 5.11 Å². The minimum absolute atomic E-state index is 0.0340.